The Morgan fingerprint density at radius 3 is 2.61 bits per heavy atom. The molecule has 1 aliphatic rings. The van der Waals surface area contributed by atoms with Crippen molar-refractivity contribution in [1.29, 1.82) is 0 Å². The predicted molar refractivity (Wildman–Crippen MR) is 96.3 cm³/mol. The molecule has 0 saturated heterocycles. The molecule has 1 fully saturated rings. The molecule has 3 rings (SSSR count). The van der Waals surface area contributed by atoms with Crippen LogP contribution in [-0.4, -0.2) is 28.0 Å². The van der Waals surface area contributed by atoms with E-state index in [1.54, 1.807) is 12.1 Å². The van der Waals surface area contributed by atoms with E-state index in [2.05, 4.69) is 5.10 Å². The lowest BCUT2D eigenvalue weighted by Crippen LogP contribution is -2.15. The summed E-state index contributed by atoms with van der Waals surface area (Å²) in [6.45, 7) is 0.0705. The lowest BCUT2D eigenvalue weighted by molar-refractivity contribution is -0.138. The van der Waals surface area contributed by atoms with E-state index < -0.39 is 17.7 Å². The van der Waals surface area contributed by atoms with Crippen LogP contribution in [0.25, 0.3) is 0 Å². The number of carboxylic acids is 1. The number of benzene rings is 1. The largest absolute Gasteiger partial charge is 0.478 e. The number of alkyl halides is 3. The van der Waals surface area contributed by atoms with Crippen LogP contribution in [0.3, 0.4) is 0 Å². The molecule has 8 heteroatoms. The predicted octanol–water partition coefficient (Wildman–Crippen LogP) is 4.84. The molecular formula is C20H23F3N2O3. The van der Waals surface area contributed by atoms with Crippen LogP contribution in [0.4, 0.5) is 13.2 Å². The van der Waals surface area contributed by atoms with Gasteiger partial charge in [0.05, 0.1) is 18.7 Å². The monoisotopic (exact) mass is 396 g/mol. The quantitative estimate of drug-likeness (QED) is 0.759. The van der Waals surface area contributed by atoms with Gasteiger partial charge in [0.25, 0.3) is 0 Å². The number of carboxylic acid groups (broad SMARTS) is 1. The summed E-state index contributed by atoms with van der Waals surface area (Å²) in [7, 11) is 1.42. The Balaban J connectivity index is 1.91. The minimum atomic E-state index is -4.43. The van der Waals surface area contributed by atoms with Crippen molar-refractivity contribution >= 4 is 5.97 Å². The van der Waals surface area contributed by atoms with E-state index in [0.717, 1.165) is 32.1 Å². The molecule has 0 bridgehead atoms. The van der Waals surface area contributed by atoms with Gasteiger partial charge in [-0.15, -0.1) is 0 Å². The second-order valence-corrected chi connectivity index (χ2v) is 7.18. The summed E-state index contributed by atoms with van der Waals surface area (Å²) in [5.41, 5.74) is 0.416. The van der Waals surface area contributed by atoms with Crippen LogP contribution >= 0.6 is 0 Å². The van der Waals surface area contributed by atoms with Crippen LogP contribution < -0.4 is 0 Å². The molecule has 152 valence electrons. The molecule has 0 aliphatic heterocycles. The van der Waals surface area contributed by atoms with Crippen LogP contribution in [0.2, 0.25) is 0 Å². The van der Waals surface area contributed by atoms with Gasteiger partial charge in [-0.2, -0.15) is 18.3 Å². The maximum Gasteiger partial charge on any atom is 0.416 e. The van der Waals surface area contributed by atoms with E-state index in [-0.39, 0.29) is 30.3 Å². The van der Waals surface area contributed by atoms with Gasteiger partial charge in [-0.1, -0.05) is 31.4 Å². The summed E-state index contributed by atoms with van der Waals surface area (Å²) in [4.78, 5) is 11.3. The smallest absolute Gasteiger partial charge is 0.416 e. The van der Waals surface area contributed by atoms with Crippen molar-refractivity contribution in [3.05, 3.63) is 52.3 Å². The van der Waals surface area contributed by atoms with Crippen molar-refractivity contribution in [2.24, 2.45) is 0 Å². The van der Waals surface area contributed by atoms with Crippen LogP contribution in [-0.2, 0) is 24.1 Å². The van der Waals surface area contributed by atoms with Gasteiger partial charge in [0.15, 0.2) is 0 Å². The summed E-state index contributed by atoms with van der Waals surface area (Å²) in [5, 5.41) is 13.4. The maximum atomic E-state index is 13.7. The van der Waals surface area contributed by atoms with Gasteiger partial charge in [0, 0.05) is 13.3 Å². The second-order valence-electron chi connectivity index (χ2n) is 7.18. The Bertz CT molecular complexity index is 840. The zero-order chi connectivity index (χ0) is 20.3. The van der Waals surface area contributed by atoms with Gasteiger partial charge in [-0.25, -0.2) is 4.79 Å². The molecule has 0 spiro atoms. The number of methoxy groups -OCH3 is 1. The van der Waals surface area contributed by atoms with E-state index in [0.29, 0.717) is 11.1 Å². The Morgan fingerprint density at radius 2 is 2.00 bits per heavy atom. The highest BCUT2D eigenvalue weighted by molar-refractivity contribution is 5.88. The molecule has 0 amide bonds. The lowest BCUT2D eigenvalue weighted by Gasteiger charge is -2.25. The van der Waals surface area contributed by atoms with E-state index >= 15 is 0 Å². The fraction of sp³-hybridized carbons (Fsp3) is 0.500. The van der Waals surface area contributed by atoms with Crippen LogP contribution in [0.15, 0.2) is 24.4 Å². The van der Waals surface area contributed by atoms with Crippen LogP contribution in [0.1, 0.15) is 70.8 Å². The molecule has 1 saturated carbocycles. The first-order valence-corrected chi connectivity index (χ1v) is 9.28. The van der Waals surface area contributed by atoms with Gasteiger partial charge in [-0.05, 0) is 36.0 Å². The summed E-state index contributed by atoms with van der Waals surface area (Å²) in [6, 6.07) is 4.42. The molecule has 1 aromatic heterocycles. The third kappa shape index (κ3) is 4.55. The fourth-order valence-electron chi connectivity index (χ4n) is 3.87. The molecule has 0 unspecified atom stereocenters. The third-order valence-electron chi connectivity index (χ3n) is 5.16. The molecular weight excluding hydrogens is 373 g/mol. The molecule has 2 aromatic rings. The first kappa shape index (κ1) is 20.4. The first-order valence-electron chi connectivity index (χ1n) is 9.28. The van der Waals surface area contributed by atoms with Gasteiger partial charge >= 0.3 is 12.1 Å². The molecule has 0 atom stereocenters. The normalized spacial score (nSPS) is 15.7. The first-order chi connectivity index (χ1) is 13.3. The molecule has 0 radical (unpaired) electrons. The summed E-state index contributed by atoms with van der Waals surface area (Å²) >= 11 is 0. The third-order valence-corrected chi connectivity index (χ3v) is 5.16. The van der Waals surface area contributed by atoms with E-state index in [1.807, 2.05) is 0 Å². The standard InChI is InChI=1S/C20H23F3N2O3/c1-28-12-18-16(19(26)27)11-25(24-18)10-13-7-8-15(14-5-3-2-4-6-14)17(9-13)20(21,22)23/h7-9,11,14H,2-6,10,12H2,1H3,(H,26,27). The summed E-state index contributed by atoms with van der Waals surface area (Å²) in [5.74, 6) is -1.21. The highest BCUT2D eigenvalue weighted by atomic mass is 19.4. The Kier molecular flexibility index (Phi) is 6.07. The van der Waals surface area contributed by atoms with Gasteiger partial charge in [0.2, 0.25) is 0 Å². The number of aromatic carboxylic acids is 1. The second kappa shape index (κ2) is 8.34. The zero-order valence-electron chi connectivity index (χ0n) is 15.6. The summed E-state index contributed by atoms with van der Waals surface area (Å²) in [6.07, 6.45) is 1.44. The lowest BCUT2D eigenvalue weighted by atomic mass is 9.81. The van der Waals surface area contributed by atoms with Crippen molar-refractivity contribution in [3.8, 4) is 0 Å². The number of ether oxygens (including phenoxy) is 1. The minimum Gasteiger partial charge on any atom is -0.478 e. The molecule has 5 nitrogen and oxygen atoms in total. The van der Waals surface area contributed by atoms with Crippen molar-refractivity contribution in [2.45, 2.75) is 57.3 Å². The van der Waals surface area contributed by atoms with Crippen molar-refractivity contribution in [3.63, 3.8) is 0 Å². The number of halogens is 3. The van der Waals surface area contributed by atoms with Gasteiger partial charge in [0.1, 0.15) is 11.3 Å². The SMILES string of the molecule is COCc1nn(Cc2ccc(C3CCCCC3)c(C(F)(F)F)c2)cc1C(=O)O. The van der Waals surface area contributed by atoms with E-state index in [4.69, 9.17) is 4.74 Å². The van der Waals surface area contributed by atoms with Crippen LogP contribution in [0, 0.1) is 0 Å². The van der Waals surface area contributed by atoms with E-state index in [1.165, 1.54) is 24.1 Å². The van der Waals surface area contributed by atoms with Gasteiger partial charge in [-0.3, -0.25) is 4.68 Å². The Labute approximate surface area is 161 Å². The maximum absolute atomic E-state index is 13.7. The number of rotatable bonds is 6. The number of hydrogen-bond acceptors (Lipinski definition) is 3. The van der Waals surface area contributed by atoms with Crippen LogP contribution in [0.5, 0.6) is 0 Å². The topological polar surface area (TPSA) is 64.4 Å². The number of aromatic nitrogens is 2. The van der Waals surface area contributed by atoms with Gasteiger partial charge < -0.3 is 9.84 Å². The summed E-state index contributed by atoms with van der Waals surface area (Å²) < 4.78 is 47.3. The highest BCUT2D eigenvalue weighted by Gasteiger charge is 2.35. The minimum absolute atomic E-state index is 0.0169. The molecule has 1 N–H and O–H groups in total. The molecule has 28 heavy (non-hydrogen) atoms. The fourth-order valence-corrected chi connectivity index (χ4v) is 3.87. The molecule has 1 aliphatic carbocycles. The Morgan fingerprint density at radius 1 is 1.29 bits per heavy atom. The van der Waals surface area contributed by atoms with Crippen molar-refractivity contribution in [1.82, 2.24) is 9.78 Å². The van der Waals surface area contributed by atoms with E-state index in [9.17, 15) is 23.1 Å². The highest BCUT2D eigenvalue weighted by Crippen LogP contribution is 2.41. The van der Waals surface area contributed by atoms with Crippen molar-refractivity contribution < 1.29 is 27.8 Å². The zero-order valence-corrected chi connectivity index (χ0v) is 15.6. The number of carbonyl (C=O) groups is 1. The average molecular weight is 396 g/mol. The average Bonchev–Trinajstić information content (AvgIpc) is 3.05. The Hall–Kier alpha value is -2.35. The number of hydrogen-bond donors (Lipinski definition) is 1. The van der Waals surface area contributed by atoms with Crippen molar-refractivity contribution in [2.75, 3.05) is 7.11 Å². The molecule has 1 heterocycles. The molecule has 1 aromatic carbocycles. The number of nitrogens with zero attached hydrogens (tertiary/aromatic N) is 2.